The second-order valence-corrected chi connectivity index (χ2v) is 3.19. The summed E-state index contributed by atoms with van der Waals surface area (Å²) in [6, 6.07) is 9.36. The van der Waals surface area contributed by atoms with Crippen molar-refractivity contribution in [1.82, 2.24) is 5.06 Å². The first kappa shape index (κ1) is 12.8. The van der Waals surface area contributed by atoms with Crippen LogP contribution >= 0.6 is 0 Å². The highest BCUT2D eigenvalue weighted by Crippen LogP contribution is 2.04. The van der Waals surface area contributed by atoms with Gasteiger partial charge in [0, 0.05) is 0 Å². The van der Waals surface area contributed by atoms with Gasteiger partial charge in [0.25, 0.3) is 0 Å². The van der Waals surface area contributed by atoms with Gasteiger partial charge in [-0.05, 0) is 5.56 Å². The van der Waals surface area contributed by atoms with Gasteiger partial charge in [-0.15, -0.1) is 6.58 Å². The minimum atomic E-state index is -0.529. The molecule has 0 atom stereocenters. The number of hydrogen-bond donors (Lipinski definition) is 0. The van der Waals surface area contributed by atoms with E-state index in [2.05, 4.69) is 11.4 Å². The standard InChI is InChI=1S/C12H13N3O2/c1-2-8-17-15(12(16)9-14-13)10-11-6-4-3-5-7-11/h2-7,9H,1,8,10H2. The molecule has 1 rings (SSSR count). The SMILES string of the molecule is C=CCON(Cc1ccccc1)C(=O)C=[N+]=[N-]. The predicted molar refractivity (Wildman–Crippen MR) is 62.8 cm³/mol. The van der Waals surface area contributed by atoms with Crippen molar-refractivity contribution in [2.24, 2.45) is 0 Å². The van der Waals surface area contributed by atoms with Crippen LogP contribution in [0.3, 0.4) is 0 Å². The molecule has 0 fully saturated rings. The Labute approximate surface area is 99.5 Å². The van der Waals surface area contributed by atoms with Crippen molar-refractivity contribution in [2.75, 3.05) is 6.61 Å². The monoisotopic (exact) mass is 231 g/mol. The summed E-state index contributed by atoms with van der Waals surface area (Å²) in [4.78, 5) is 19.4. The molecule has 0 aliphatic carbocycles. The number of nitrogens with zero attached hydrogens (tertiary/aromatic N) is 3. The highest BCUT2D eigenvalue weighted by Gasteiger charge is 2.15. The number of benzene rings is 1. The molecule has 0 unspecified atom stereocenters. The molecule has 0 aromatic heterocycles. The Morgan fingerprint density at radius 3 is 2.76 bits per heavy atom. The molecular formula is C12H13N3O2. The molecule has 5 heteroatoms. The van der Waals surface area contributed by atoms with Crippen LogP contribution in [0.15, 0.2) is 43.0 Å². The average molecular weight is 231 g/mol. The molecule has 1 aromatic carbocycles. The number of rotatable bonds is 6. The number of carbonyl (C=O) groups is 1. The molecule has 0 spiro atoms. The van der Waals surface area contributed by atoms with Gasteiger partial charge in [-0.2, -0.15) is 4.79 Å². The van der Waals surface area contributed by atoms with Gasteiger partial charge in [0.15, 0.2) is 0 Å². The van der Waals surface area contributed by atoms with E-state index in [0.717, 1.165) is 16.8 Å². The molecule has 0 saturated carbocycles. The van der Waals surface area contributed by atoms with Crippen molar-refractivity contribution in [3.8, 4) is 0 Å². The van der Waals surface area contributed by atoms with E-state index in [-0.39, 0.29) is 13.2 Å². The molecule has 0 bridgehead atoms. The number of carbonyl (C=O) groups excluding carboxylic acids is 1. The zero-order chi connectivity index (χ0) is 12.5. The van der Waals surface area contributed by atoms with Crippen LogP contribution in [0.25, 0.3) is 5.53 Å². The van der Waals surface area contributed by atoms with Crippen LogP contribution in [0, 0.1) is 0 Å². The fourth-order valence-electron chi connectivity index (χ4n) is 1.19. The minimum Gasteiger partial charge on any atom is -0.361 e. The number of hydrogen-bond acceptors (Lipinski definition) is 2. The van der Waals surface area contributed by atoms with E-state index in [4.69, 9.17) is 10.4 Å². The van der Waals surface area contributed by atoms with Crippen molar-refractivity contribution < 1.29 is 14.4 Å². The molecule has 0 radical (unpaired) electrons. The van der Waals surface area contributed by atoms with Crippen molar-refractivity contribution >= 4 is 12.1 Å². The van der Waals surface area contributed by atoms with Gasteiger partial charge in [-0.25, -0.2) is 5.06 Å². The van der Waals surface area contributed by atoms with Gasteiger partial charge in [0.2, 0.25) is 0 Å². The lowest BCUT2D eigenvalue weighted by molar-refractivity contribution is -0.180. The third-order valence-corrected chi connectivity index (χ3v) is 1.93. The molecule has 1 amide bonds. The van der Waals surface area contributed by atoms with Crippen molar-refractivity contribution in [3.63, 3.8) is 0 Å². The van der Waals surface area contributed by atoms with Gasteiger partial charge >= 0.3 is 12.1 Å². The Morgan fingerprint density at radius 2 is 2.18 bits per heavy atom. The summed E-state index contributed by atoms with van der Waals surface area (Å²) in [5, 5.41) is 1.11. The molecular weight excluding hydrogens is 218 g/mol. The quantitative estimate of drug-likeness (QED) is 0.244. The molecule has 5 nitrogen and oxygen atoms in total. The molecule has 0 aliphatic rings. The first-order valence-corrected chi connectivity index (χ1v) is 5.04. The van der Waals surface area contributed by atoms with E-state index < -0.39 is 5.91 Å². The second-order valence-electron chi connectivity index (χ2n) is 3.19. The zero-order valence-corrected chi connectivity index (χ0v) is 9.32. The smallest absolute Gasteiger partial charge is 0.352 e. The number of amides is 1. The summed E-state index contributed by atoms with van der Waals surface area (Å²) >= 11 is 0. The first-order valence-electron chi connectivity index (χ1n) is 5.04. The third-order valence-electron chi connectivity index (χ3n) is 1.93. The molecule has 0 saturated heterocycles. The Kier molecular flexibility index (Phi) is 5.37. The molecule has 17 heavy (non-hydrogen) atoms. The summed E-state index contributed by atoms with van der Waals surface area (Å²) < 4.78 is 0. The van der Waals surface area contributed by atoms with Crippen LogP contribution in [-0.2, 0) is 16.2 Å². The molecule has 0 heterocycles. The highest BCUT2D eigenvalue weighted by atomic mass is 16.7. The lowest BCUT2D eigenvalue weighted by atomic mass is 10.2. The fraction of sp³-hybridized carbons (Fsp3) is 0.167. The van der Waals surface area contributed by atoms with E-state index in [9.17, 15) is 4.79 Å². The average Bonchev–Trinajstić information content (AvgIpc) is 2.36. The maximum absolute atomic E-state index is 11.5. The molecule has 0 N–H and O–H groups in total. The van der Waals surface area contributed by atoms with Crippen LogP contribution in [0.5, 0.6) is 0 Å². The summed E-state index contributed by atoms with van der Waals surface area (Å²) in [5.74, 6) is -0.529. The van der Waals surface area contributed by atoms with Crippen LogP contribution in [0.4, 0.5) is 0 Å². The second kappa shape index (κ2) is 7.11. The van der Waals surface area contributed by atoms with Gasteiger partial charge in [0.05, 0.1) is 13.2 Å². The maximum atomic E-state index is 11.5. The van der Waals surface area contributed by atoms with E-state index >= 15 is 0 Å². The first-order chi connectivity index (χ1) is 8.27. The summed E-state index contributed by atoms with van der Waals surface area (Å²) in [6.07, 6.45) is 2.31. The van der Waals surface area contributed by atoms with Crippen LogP contribution in [0.2, 0.25) is 0 Å². The lowest BCUT2D eigenvalue weighted by Gasteiger charge is -2.17. The Balaban J connectivity index is 2.72. The van der Waals surface area contributed by atoms with Crippen LogP contribution < -0.4 is 0 Å². The van der Waals surface area contributed by atoms with E-state index in [1.54, 1.807) is 0 Å². The van der Waals surface area contributed by atoms with Crippen molar-refractivity contribution in [1.29, 1.82) is 0 Å². The zero-order valence-electron chi connectivity index (χ0n) is 9.32. The van der Waals surface area contributed by atoms with Crippen LogP contribution in [-0.4, -0.2) is 28.6 Å². The summed E-state index contributed by atoms with van der Waals surface area (Å²) in [7, 11) is 0. The van der Waals surface area contributed by atoms with Crippen molar-refractivity contribution in [2.45, 2.75) is 6.54 Å². The summed E-state index contributed by atoms with van der Waals surface area (Å²) in [6.45, 7) is 3.98. The van der Waals surface area contributed by atoms with E-state index in [1.807, 2.05) is 30.3 Å². The maximum Gasteiger partial charge on any atom is 0.352 e. The topological polar surface area (TPSA) is 65.9 Å². The van der Waals surface area contributed by atoms with Gasteiger partial charge in [-0.1, -0.05) is 36.4 Å². The molecule has 0 aliphatic heterocycles. The van der Waals surface area contributed by atoms with Crippen LogP contribution in [0.1, 0.15) is 5.56 Å². The minimum absolute atomic E-state index is 0.206. The van der Waals surface area contributed by atoms with E-state index in [1.165, 1.54) is 6.08 Å². The molecule has 1 aromatic rings. The predicted octanol–water partition coefficient (Wildman–Crippen LogP) is 1.43. The third kappa shape index (κ3) is 4.42. The Bertz CT molecular complexity index is 425. The molecule has 88 valence electrons. The largest absolute Gasteiger partial charge is 0.361 e. The van der Waals surface area contributed by atoms with Gasteiger partial charge < -0.3 is 5.53 Å². The highest BCUT2D eigenvalue weighted by molar-refractivity contribution is 6.23. The number of hydroxylamine groups is 2. The van der Waals surface area contributed by atoms with Gasteiger partial charge in [-0.3, -0.25) is 9.63 Å². The Hall–Kier alpha value is -2.23. The van der Waals surface area contributed by atoms with Gasteiger partial charge in [0.1, 0.15) is 0 Å². The van der Waals surface area contributed by atoms with E-state index in [0.29, 0.717) is 0 Å². The fourth-order valence-corrected chi connectivity index (χ4v) is 1.19. The Morgan fingerprint density at radius 1 is 1.47 bits per heavy atom. The summed E-state index contributed by atoms with van der Waals surface area (Å²) in [5.41, 5.74) is 9.24. The lowest BCUT2D eigenvalue weighted by Crippen LogP contribution is -2.31. The normalized spacial score (nSPS) is 9.18. The van der Waals surface area contributed by atoms with Crippen molar-refractivity contribution in [3.05, 3.63) is 54.1 Å².